The second-order valence-electron chi connectivity index (χ2n) is 5.37. The maximum absolute atomic E-state index is 12.1. The highest BCUT2D eigenvalue weighted by atomic mass is 79.9. The number of carbonyl (C=O) groups is 2. The highest BCUT2D eigenvalue weighted by Crippen LogP contribution is 2.17. The van der Waals surface area contributed by atoms with E-state index in [0.29, 0.717) is 28.4 Å². The monoisotopic (exact) mass is 377 g/mol. The molecule has 6 nitrogen and oxygen atoms in total. The molecule has 0 saturated carbocycles. The van der Waals surface area contributed by atoms with Gasteiger partial charge in [-0.2, -0.15) is 0 Å². The number of hydrogen-bond acceptors (Lipinski definition) is 4. The summed E-state index contributed by atoms with van der Waals surface area (Å²) in [5, 5.41) is 8.77. The molecule has 0 unspecified atom stereocenters. The number of carbonyl (C=O) groups excluding carboxylic acids is 2. The van der Waals surface area contributed by atoms with Crippen LogP contribution in [0.1, 0.15) is 20.9 Å². The minimum atomic E-state index is -0.367. The molecule has 1 aliphatic rings. The quantitative estimate of drug-likeness (QED) is 0.745. The van der Waals surface area contributed by atoms with Crippen molar-refractivity contribution in [2.45, 2.75) is 0 Å². The summed E-state index contributed by atoms with van der Waals surface area (Å²) in [5.41, 5.74) is 1.05. The van der Waals surface area contributed by atoms with Gasteiger partial charge in [-0.25, -0.2) is 0 Å². The maximum atomic E-state index is 12.1. The molecule has 2 aromatic rings. The van der Waals surface area contributed by atoms with Gasteiger partial charge in [0.15, 0.2) is 10.4 Å². The lowest BCUT2D eigenvalue weighted by Gasteiger charge is -2.27. The third kappa shape index (κ3) is 4.00. The SMILES string of the molecule is O=C(NCC1CNC1)c1cccc(NC(=O)c2ccc(Br)o2)c1. The van der Waals surface area contributed by atoms with Crippen LogP contribution in [0.15, 0.2) is 45.5 Å². The van der Waals surface area contributed by atoms with E-state index in [1.807, 2.05) is 0 Å². The summed E-state index contributed by atoms with van der Waals surface area (Å²) in [6.45, 7) is 2.53. The van der Waals surface area contributed by atoms with Crippen LogP contribution in [0.25, 0.3) is 0 Å². The molecule has 2 heterocycles. The van der Waals surface area contributed by atoms with Gasteiger partial charge in [0.2, 0.25) is 0 Å². The highest BCUT2D eigenvalue weighted by molar-refractivity contribution is 9.10. The van der Waals surface area contributed by atoms with Crippen LogP contribution in [-0.4, -0.2) is 31.4 Å². The first-order valence-electron chi connectivity index (χ1n) is 7.27. The van der Waals surface area contributed by atoms with E-state index in [1.165, 1.54) is 0 Å². The lowest BCUT2D eigenvalue weighted by Crippen LogP contribution is -2.48. The number of anilines is 1. The van der Waals surface area contributed by atoms with Crippen molar-refractivity contribution < 1.29 is 14.0 Å². The first-order valence-corrected chi connectivity index (χ1v) is 8.07. The second-order valence-corrected chi connectivity index (χ2v) is 6.15. The Kier molecular flexibility index (Phi) is 4.78. The Morgan fingerprint density at radius 3 is 2.70 bits per heavy atom. The fraction of sp³-hybridized carbons (Fsp3) is 0.250. The summed E-state index contributed by atoms with van der Waals surface area (Å²) in [5.74, 6) is 0.186. The van der Waals surface area contributed by atoms with Crippen LogP contribution >= 0.6 is 15.9 Å². The van der Waals surface area contributed by atoms with Crippen LogP contribution in [0, 0.1) is 5.92 Å². The number of benzene rings is 1. The van der Waals surface area contributed by atoms with E-state index < -0.39 is 0 Å². The first-order chi connectivity index (χ1) is 11.1. The molecule has 0 bridgehead atoms. The van der Waals surface area contributed by atoms with Crippen LogP contribution in [0.2, 0.25) is 0 Å². The lowest BCUT2D eigenvalue weighted by molar-refractivity contribution is 0.0940. The molecule has 0 atom stereocenters. The molecule has 0 radical (unpaired) electrons. The van der Waals surface area contributed by atoms with E-state index in [4.69, 9.17) is 4.42 Å². The first kappa shape index (κ1) is 15.8. The summed E-state index contributed by atoms with van der Waals surface area (Å²) in [4.78, 5) is 24.2. The van der Waals surface area contributed by atoms with Crippen molar-refractivity contribution >= 4 is 33.4 Å². The molecular formula is C16H16BrN3O3. The fourth-order valence-corrected chi connectivity index (χ4v) is 2.51. The minimum absolute atomic E-state index is 0.145. The molecule has 3 N–H and O–H groups in total. The van der Waals surface area contributed by atoms with Crippen molar-refractivity contribution in [2.75, 3.05) is 25.0 Å². The van der Waals surface area contributed by atoms with Gasteiger partial charge in [0, 0.05) is 36.8 Å². The van der Waals surface area contributed by atoms with Crippen LogP contribution in [-0.2, 0) is 0 Å². The van der Waals surface area contributed by atoms with Gasteiger partial charge in [-0.05, 0) is 46.3 Å². The summed E-state index contributed by atoms with van der Waals surface area (Å²) < 4.78 is 5.69. The van der Waals surface area contributed by atoms with Crippen molar-refractivity contribution in [3.63, 3.8) is 0 Å². The Labute approximate surface area is 141 Å². The summed E-state index contributed by atoms with van der Waals surface area (Å²) in [7, 11) is 0. The number of hydrogen-bond donors (Lipinski definition) is 3. The highest BCUT2D eigenvalue weighted by Gasteiger charge is 2.18. The molecule has 7 heteroatoms. The molecular weight excluding hydrogens is 362 g/mol. The smallest absolute Gasteiger partial charge is 0.291 e. The standard InChI is InChI=1S/C16H16BrN3O3/c17-14-5-4-13(23-14)16(22)20-12-3-1-2-11(6-12)15(21)19-9-10-7-18-8-10/h1-6,10,18H,7-9H2,(H,19,21)(H,20,22). The number of rotatable bonds is 5. The molecule has 1 aromatic carbocycles. The van der Waals surface area contributed by atoms with Crippen LogP contribution in [0.5, 0.6) is 0 Å². The van der Waals surface area contributed by atoms with E-state index in [1.54, 1.807) is 36.4 Å². The van der Waals surface area contributed by atoms with Crippen molar-refractivity contribution in [2.24, 2.45) is 5.92 Å². The molecule has 1 aliphatic heterocycles. The molecule has 1 fully saturated rings. The Balaban J connectivity index is 1.62. The van der Waals surface area contributed by atoms with Crippen molar-refractivity contribution in [3.05, 3.63) is 52.4 Å². The summed E-state index contributed by atoms with van der Waals surface area (Å²) in [6.07, 6.45) is 0. The zero-order chi connectivity index (χ0) is 16.2. The number of halogens is 1. The third-order valence-electron chi connectivity index (χ3n) is 3.60. The molecule has 120 valence electrons. The van der Waals surface area contributed by atoms with Crippen molar-refractivity contribution in [1.82, 2.24) is 10.6 Å². The third-order valence-corrected chi connectivity index (χ3v) is 4.02. The molecule has 0 spiro atoms. The molecule has 0 aliphatic carbocycles. The van der Waals surface area contributed by atoms with Gasteiger partial charge in [-0.15, -0.1) is 0 Å². The minimum Gasteiger partial charge on any atom is -0.444 e. The van der Waals surface area contributed by atoms with E-state index >= 15 is 0 Å². The molecule has 23 heavy (non-hydrogen) atoms. The van der Waals surface area contributed by atoms with Crippen molar-refractivity contribution in [1.29, 1.82) is 0 Å². The Morgan fingerprint density at radius 2 is 2.04 bits per heavy atom. The summed E-state index contributed by atoms with van der Waals surface area (Å²) in [6, 6.07) is 10.0. The van der Waals surface area contributed by atoms with E-state index in [0.717, 1.165) is 13.1 Å². The van der Waals surface area contributed by atoms with Crippen LogP contribution in [0.4, 0.5) is 5.69 Å². The van der Waals surface area contributed by atoms with Gasteiger partial charge in [-0.3, -0.25) is 9.59 Å². The van der Waals surface area contributed by atoms with Gasteiger partial charge < -0.3 is 20.4 Å². The lowest BCUT2D eigenvalue weighted by atomic mass is 10.0. The van der Waals surface area contributed by atoms with Gasteiger partial charge >= 0.3 is 0 Å². The zero-order valence-electron chi connectivity index (χ0n) is 12.3. The predicted molar refractivity (Wildman–Crippen MR) is 89.5 cm³/mol. The van der Waals surface area contributed by atoms with Crippen LogP contribution in [0.3, 0.4) is 0 Å². The molecule has 2 amide bonds. The molecule has 1 aromatic heterocycles. The average molecular weight is 378 g/mol. The topological polar surface area (TPSA) is 83.4 Å². The Morgan fingerprint density at radius 1 is 1.22 bits per heavy atom. The molecule has 1 saturated heterocycles. The van der Waals surface area contributed by atoms with Crippen molar-refractivity contribution in [3.8, 4) is 0 Å². The predicted octanol–water partition coefficient (Wildman–Crippen LogP) is 2.24. The number of furan rings is 1. The van der Waals surface area contributed by atoms with Gasteiger partial charge in [0.1, 0.15) is 0 Å². The largest absolute Gasteiger partial charge is 0.444 e. The fourth-order valence-electron chi connectivity index (χ4n) is 2.20. The zero-order valence-corrected chi connectivity index (χ0v) is 13.9. The van der Waals surface area contributed by atoms with E-state index in [2.05, 4.69) is 31.9 Å². The van der Waals surface area contributed by atoms with Gasteiger partial charge in [0.25, 0.3) is 11.8 Å². The summed E-state index contributed by atoms with van der Waals surface area (Å²) >= 11 is 3.15. The normalized spacial score (nSPS) is 14.1. The second kappa shape index (κ2) is 6.97. The number of amides is 2. The Bertz CT molecular complexity index is 725. The van der Waals surface area contributed by atoms with Gasteiger partial charge in [0.05, 0.1) is 0 Å². The average Bonchev–Trinajstić information content (AvgIpc) is 2.92. The van der Waals surface area contributed by atoms with E-state index in [9.17, 15) is 9.59 Å². The van der Waals surface area contributed by atoms with Crippen LogP contribution < -0.4 is 16.0 Å². The maximum Gasteiger partial charge on any atom is 0.291 e. The number of nitrogens with one attached hydrogen (secondary N) is 3. The van der Waals surface area contributed by atoms with E-state index in [-0.39, 0.29) is 17.6 Å². The Hall–Kier alpha value is -2.12. The molecule has 3 rings (SSSR count). The van der Waals surface area contributed by atoms with Gasteiger partial charge in [-0.1, -0.05) is 6.07 Å².